The Labute approximate surface area is 157 Å². The maximum absolute atomic E-state index is 13.1. The highest BCUT2D eigenvalue weighted by atomic mass is 19.1. The van der Waals surface area contributed by atoms with Crippen molar-refractivity contribution in [2.24, 2.45) is 5.92 Å². The van der Waals surface area contributed by atoms with Gasteiger partial charge >= 0.3 is 5.97 Å². The lowest BCUT2D eigenvalue weighted by Gasteiger charge is -2.39. The molecule has 0 unspecified atom stereocenters. The molecule has 1 amide bonds. The summed E-state index contributed by atoms with van der Waals surface area (Å²) in [5.41, 5.74) is 0.883. The quantitative estimate of drug-likeness (QED) is 0.899. The van der Waals surface area contributed by atoms with E-state index in [2.05, 4.69) is 0 Å². The van der Waals surface area contributed by atoms with Crippen LogP contribution in [-0.4, -0.2) is 35.0 Å². The number of carboxylic acids is 1. The Balaban J connectivity index is 1.42. The Morgan fingerprint density at radius 1 is 1.00 bits per heavy atom. The number of halogens is 1. The van der Waals surface area contributed by atoms with Crippen molar-refractivity contribution < 1.29 is 19.1 Å². The molecule has 4 rings (SSSR count). The highest BCUT2D eigenvalue weighted by Gasteiger charge is 2.49. The smallest absolute Gasteiger partial charge is 0.314 e. The number of piperidine rings is 1. The van der Waals surface area contributed by atoms with E-state index in [1.807, 2.05) is 30.3 Å². The summed E-state index contributed by atoms with van der Waals surface area (Å²) in [5.74, 6) is -0.917. The lowest BCUT2D eigenvalue weighted by atomic mass is 9.73. The molecule has 0 radical (unpaired) electrons. The molecule has 1 saturated carbocycles. The first-order chi connectivity index (χ1) is 13.0. The predicted molar refractivity (Wildman–Crippen MR) is 98.8 cm³/mol. The van der Waals surface area contributed by atoms with E-state index in [1.54, 1.807) is 17.0 Å². The predicted octanol–water partition coefficient (Wildman–Crippen LogP) is 3.57. The summed E-state index contributed by atoms with van der Waals surface area (Å²) in [6.07, 6.45) is 1.63. The van der Waals surface area contributed by atoms with E-state index in [0.717, 1.165) is 17.5 Å². The molecule has 2 aromatic carbocycles. The van der Waals surface area contributed by atoms with Crippen LogP contribution in [0.4, 0.5) is 4.39 Å². The van der Waals surface area contributed by atoms with E-state index >= 15 is 0 Å². The number of carboxylic acid groups (broad SMARTS) is 1. The number of hydrogen-bond donors (Lipinski definition) is 1. The molecule has 0 aromatic heterocycles. The van der Waals surface area contributed by atoms with Crippen LogP contribution >= 0.6 is 0 Å². The van der Waals surface area contributed by atoms with Gasteiger partial charge in [0.15, 0.2) is 0 Å². The van der Waals surface area contributed by atoms with E-state index in [9.17, 15) is 19.1 Å². The van der Waals surface area contributed by atoms with Crippen molar-refractivity contribution in [1.29, 1.82) is 0 Å². The van der Waals surface area contributed by atoms with Crippen LogP contribution in [0.1, 0.15) is 36.3 Å². The fraction of sp³-hybridized carbons (Fsp3) is 0.364. The molecule has 2 aliphatic rings. The van der Waals surface area contributed by atoms with Crippen molar-refractivity contribution in [2.75, 3.05) is 13.1 Å². The van der Waals surface area contributed by atoms with Crippen LogP contribution in [0.2, 0.25) is 0 Å². The molecule has 1 N–H and O–H groups in total. The molecule has 1 saturated heterocycles. The van der Waals surface area contributed by atoms with Crippen LogP contribution < -0.4 is 0 Å². The molecule has 4 nitrogen and oxygen atoms in total. The van der Waals surface area contributed by atoms with Crippen LogP contribution in [0.5, 0.6) is 0 Å². The van der Waals surface area contributed by atoms with Gasteiger partial charge in [0, 0.05) is 19.0 Å². The molecule has 1 heterocycles. The van der Waals surface area contributed by atoms with Crippen LogP contribution in [0.3, 0.4) is 0 Å². The van der Waals surface area contributed by atoms with Crippen molar-refractivity contribution in [1.82, 2.24) is 4.90 Å². The highest BCUT2D eigenvalue weighted by molar-refractivity contribution is 5.85. The first-order valence-corrected chi connectivity index (χ1v) is 9.34. The normalized spacial score (nSPS) is 23.7. The number of hydrogen-bond acceptors (Lipinski definition) is 2. The Kier molecular flexibility index (Phi) is 4.46. The maximum atomic E-state index is 13.1. The van der Waals surface area contributed by atoms with Gasteiger partial charge in [0.2, 0.25) is 5.91 Å². The van der Waals surface area contributed by atoms with Gasteiger partial charge in [-0.2, -0.15) is 0 Å². The van der Waals surface area contributed by atoms with Gasteiger partial charge in [0.25, 0.3) is 0 Å². The Morgan fingerprint density at radius 3 is 2.22 bits per heavy atom. The summed E-state index contributed by atoms with van der Waals surface area (Å²) in [6.45, 7) is 0.902. The molecule has 2 aromatic rings. The number of rotatable bonds is 4. The van der Waals surface area contributed by atoms with Gasteiger partial charge in [-0.1, -0.05) is 42.5 Å². The number of aliphatic carboxylic acids is 1. The third-order valence-electron chi connectivity index (χ3n) is 6.07. The second-order valence-electron chi connectivity index (χ2n) is 7.58. The van der Waals surface area contributed by atoms with E-state index in [-0.39, 0.29) is 23.6 Å². The fourth-order valence-corrected chi connectivity index (χ4v) is 4.27. The Bertz CT molecular complexity index is 842. The van der Waals surface area contributed by atoms with E-state index in [0.29, 0.717) is 25.9 Å². The topological polar surface area (TPSA) is 57.6 Å². The number of amides is 1. The van der Waals surface area contributed by atoms with E-state index in [1.165, 1.54) is 12.1 Å². The lowest BCUT2D eigenvalue weighted by Crippen LogP contribution is -2.49. The zero-order chi connectivity index (χ0) is 19.0. The van der Waals surface area contributed by atoms with Crippen LogP contribution in [0.25, 0.3) is 0 Å². The molecule has 1 aliphatic heterocycles. The van der Waals surface area contributed by atoms with Crippen LogP contribution in [-0.2, 0) is 15.0 Å². The van der Waals surface area contributed by atoms with E-state index < -0.39 is 11.4 Å². The van der Waals surface area contributed by atoms with Crippen LogP contribution in [0, 0.1) is 11.7 Å². The second-order valence-corrected chi connectivity index (χ2v) is 7.58. The molecule has 0 spiro atoms. The number of carbonyl (C=O) groups is 2. The Hall–Kier alpha value is -2.69. The number of nitrogens with zero attached hydrogens (tertiary/aromatic N) is 1. The van der Waals surface area contributed by atoms with Gasteiger partial charge in [0.1, 0.15) is 5.82 Å². The first kappa shape index (κ1) is 17.7. The lowest BCUT2D eigenvalue weighted by molar-refractivity contribution is -0.148. The van der Waals surface area contributed by atoms with Crippen LogP contribution in [0.15, 0.2) is 54.6 Å². The minimum Gasteiger partial charge on any atom is -0.481 e. The minimum atomic E-state index is -0.919. The minimum absolute atomic E-state index is 0.0653. The first-order valence-electron chi connectivity index (χ1n) is 9.34. The third-order valence-corrected chi connectivity index (χ3v) is 6.07. The molecule has 27 heavy (non-hydrogen) atoms. The van der Waals surface area contributed by atoms with Crippen molar-refractivity contribution in [3.05, 3.63) is 71.5 Å². The SMILES string of the molecule is O=C([C@@H]1C[C@H]1c1ccc(F)cc1)N1CCC(C(=O)O)(c2ccccc2)CC1. The molecule has 1 aliphatic carbocycles. The molecular formula is C22H22FNO3. The van der Waals surface area contributed by atoms with Gasteiger partial charge in [0.05, 0.1) is 5.41 Å². The number of likely N-dealkylation sites (tertiary alicyclic amines) is 1. The summed E-state index contributed by atoms with van der Waals surface area (Å²) >= 11 is 0. The zero-order valence-corrected chi connectivity index (χ0v) is 15.0. The highest BCUT2D eigenvalue weighted by Crippen LogP contribution is 2.49. The Morgan fingerprint density at radius 2 is 1.63 bits per heavy atom. The second kappa shape index (κ2) is 6.80. The number of carbonyl (C=O) groups excluding carboxylic acids is 1. The summed E-state index contributed by atoms with van der Waals surface area (Å²) in [7, 11) is 0. The van der Waals surface area contributed by atoms with Gasteiger partial charge in [-0.3, -0.25) is 9.59 Å². The average molecular weight is 367 g/mol. The van der Waals surface area contributed by atoms with Crippen molar-refractivity contribution in [3.8, 4) is 0 Å². The standard InChI is InChI=1S/C22H22FNO3/c23-17-8-6-15(7-9-17)18-14-19(18)20(25)24-12-10-22(11-13-24,21(26)27)16-4-2-1-3-5-16/h1-9,18-19H,10-14H2,(H,26,27)/t18-,19+/m0/s1. The average Bonchev–Trinajstić information content (AvgIpc) is 3.49. The largest absolute Gasteiger partial charge is 0.481 e. The summed E-state index contributed by atoms with van der Waals surface area (Å²) in [5, 5.41) is 9.87. The maximum Gasteiger partial charge on any atom is 0.314 e. The monoisotopic (exact) mass is 367 g/mol. The molecule has 5 heteroatoms. The van der Waals surface area contributed by atoms with Crippen molar-refractivity contribution in [3.63, 3.8) is 0 Å². The zero-order valence-electron chi connectivity index (χ0n) is 15.0. The van der Waals surface area contributed by atoms with Gasteiger partial charge in [-0.05, 0) is 48.4 Å². The summed E-state index contributed by atoms with van der Waals surface area (Å²) in [6, 6.07) is 15.6. The van der Waals surface area contributed by atoms with Gasteiger partial charge < -0.3 is 10.0 Å². The molecule has 2 fully saturated rings. The molecule has 140 valence electrons. The summed E-state index contributed by atoms with van der Waals surface area (Å²) < 4.78 is 13.1. The van der Waals surface area contributed by atoms with Crippen molar-refractivity contribution >= 4 is 11.9 Å². The fourth-order valence-electron chi connectivity index (χ4n) is 4.27. The third kappa shape index (κ3) is 3.22. The molecule has 2 atom stereocenters. The van der Waals surface area contributed by atoms with Gasteiger partial charge in [-0.25, -0.2) is 4.39 Å². The van der Waals surface area contributed by atoms with Crippen molar-refractivity contribution in [2.45, 2.75) is 30.6 Å². The van der Waals surface area contributed by atoms with Gasteiger partial charge in [-0.15, -0.1) is 0 Å². The molecule has 0 bridgehead atoms. The number of benzene rings is 2. The summed E-state index contributed by atoms with van der Waals surface area (Å²) in [4.78, 5) is 26.7. The van der Waals surface area contributed by atoms with E-state index in [4.69, 9.17) is 0 Å². The molecular weight excluding hydrogens is 345 g/mol.